The molecule has 1 fully saturated rings. The number of benzene rings is 3. The third kappa shape index (κ3) is 7.10. The summed E-state index contributed by atoms with van der Waals surface area (Å²) in [6.07, 6.45) is 8.67. The van der Waals surface area contributed by atoms with Crippen LogP contribution in [0.15, 0.2) is 59.0 Å². The fourth-order valence-corrected chi connectivity index (χ4v) is 4.66. The molecule has 1 heterocycles. The zero-order chi connectivity index (χ0) is 24.0. The summed E-state index contributed by atoms with van der Waals surface area (Å²) in [7, 11) is 0. The van der Waals surface area contributed by atoms with Crippen LogP contribution in [-0.4, -0.2) is 23.7 Å². The molecule has 182 valence electrons. The average Bonchev–Trinajstić information content (AvgIpc) is 3.30. The van der Waals surface area contributed by atoms with Crippen LogP contribution in [0.25, 0.3) is 33.3 Å². The fourth-order valence-electron chi connectivity index (χ4n) is 4.66. The standard InChI is InChI=1S/C29H31NO5.K/c31-28(32)9-5-2-6-16-33-24-13-12-20-17-22(11-10-21(20)18-24)29-30-26-15-14-25(19-27(26)35-29)34-23-7-3-1-4-8-23;/h10-15,17-19,23H,1-9,16H2,(H,31,32);/q;+1/p-1. The smallest absolute Gasteiger partial charge is 0.550 e. The fraction of sp³-hybridized carbons (Fsp3) is 0.379. The van der Waals surface area contributed by atoms with E-state index in [1.807, 2.05) is 48.5 Å². The van der Waals surface area contributed by atoms with Gasteiger partial charge in [-0.3, -0.25) is 0 Å². The van der Waals surface area contributed by atoms with E-state index in [9.17, 15) is 9.90 Å². The van der Waals surface area contributed by atoms with Gasteiger partial charge in [-0.15, -0.1) is 0 Å². The Kier molecular flexibility index (Phi) is 9.84. The second-order valence-electron chi connectivity index (χ2n) is 9.28. The number of carboxylic acid groups (broad SMARTS) is 1. The molecular formula is C29H30KNO5. The summed E-state index contributed by atoms with van der Waals surface area (Å²) < 4.78 is 18.1. The molecule has 7 heteroatoms. The van der Waals surface area contributed by atoms with Crippen LogP contribution in [-0.2, 0) is 4.79 Å². The monoisotopic (exact) mass is 511 g/mol. The molecular weight excluding hydrogens is 481 g/mol. The number of oxazole rings is 1. The number of hydrogen-bond acceptors (Lipinski definition) is 6. The van der Waals surface area contributed by atoms with Crippen molar-refractivity contribution in [3.63, 3.8) is 0 Å². The summed E-state index contributed by atoms with van der Waals surface area (Å²) in [6.45, 7) is 0.561. The van der Waals surface area contributed by atoms with E-state index in [0.717, 1.165) is 64.6 Å². The predicted octanol–water partition coefficient (Wildman–Crippen LogP) is 3.05. The van der Waals surface area contributed by atoms with Crippen LogP contribution in [0.3, 0.4) is 0 Å². The van der Waals surface area contributed by atoms with Gasteiger partial charge in [-0.1, -0.05) is 18.6 Å². The van der Waals surface area contributed by atoms with Gasteiger partial charge < -0.3 is 23.8 Å². The van der Waals surface area contributed by atoms with E-state index < -0.39 is 5.97 Å². The second kappa shape index (κ2) is 13.1. The Morgan fingerprint density at radius 1 is 0.917 bits per heavy atom. The number of ether oxygens (including phenoxy) is 2. The van der Waals surface area contributed by atoms with Gasteiger partial charge in [-0.05, 0) is 98.5 Å². The Morgan fingerprint density at radius 2 is 1.69 bits per heavy atom. The molecule has 0 aliphatic heterocycles. The number of nitrogens with zero attached hydrogens (tertiary/aromatic N) is 1. The van der Waals surface area contributed by atoms with Crippen molar-refractivity contribution in [2.24, 2.45) is 0 Å². The topological polar surface area (TPSA) is 84.6 Å². The first-order valence-corrected chi connectivity index (χ1v) is 12.6. The van der Waals surface area contributed by atoms with E-state index in [2.05, 4.69) is 11.1 Å². The van der Waals surface area contributed by atoms with Crippen molar-refractivity contribution < 1.29 is 75.2 Å². The Balaban J connectivity index is 0.00000304. The minimum Gasteiger partial charge on any atom is -0.550 e. The molecule has 0 N–H and O–H groups in total. The molecule has 0 spiro atoms. The number of hydrogen-bond donors (Lipinski definition) is 0. The van der Waals surface area contributed by atoms with Gasteiger partial charge >= 0.3 is 51.4 Å². The molecule has 4 aromatic rings. The molecule has 0 radical (unpaired) electrons. The molecule has 1 aliphatic carbocycles. The van der Waals surface area contributed by atoms with Gasteiger partial charge in [0, 0.05) is 17.6 Å². The molecule has 0 atom stereocenters. The number of aromatic nitrogens is 1. The van der Waals surface area contributed by atoms with Gasteiger partial charge in [-0.25, -0.2) is 4.98 Å². The molecule has 1 aromatic heterocycles. The van der Waals surface area contributed by atoms with E-state index in [1.54, 1.807) is 0 Å². The molecule has 1 aliphatic rings. The minimum atomic E-state index is -0.994. The van der Waals surface area contributed by atoms with E-state index in [1.165, 1.54) is 19.3 Å². The predicted molar refractivity (Wildman–Crippen MR) is 133 cm³/mol. The Bertz CT molecular complexity index is 1310. The molecule has 6 nitrogen and oxygen atoms in total. The number of aliphatic carboxylic acids is 1. The van der Waals surface area contributed by atoms with Crippen LogP contribution in [0.1, 0.15) is 57.8 Å². The maximum absolute atomic E-state index is 10.5. The molecule has 0 bridgehead atoms. The molecule has 0 unspecified atom stereocenters. The summed E-state index contributed by atoms with van der Waals surface area (Å²) in [5.41, 5.74) is 2.47. The van der Waals surface area contributed by atoms with Crippen molar-refractivity contribution in [1.82, 2.24) is 4.98 Å². The molecule has 5 rings (SSSR count). The zero-order valence-corrected chi connectivity index (χ0v) is 24.0. The molecule has 1 saturated carbocycles. The average molecular weight is 512 g/mol. The Morgan fingerprint density at radius 3 is 2.53 bits per heavy atom. The van der Waals surface area contributed by atoms with Crippen molar-refractivity contribution in [2.75, 3.05) is 6.61 Å². The van der Waals surface area contributed by atoms with Crippen LogP contribution in [0.2, 0.25) is 0 Å². The van der Waals surface area contributed by atoms with Gasteiger partial charge in [0.15, 0.2) is 5.58 Å². The quantitative estimate of drug-likeness (QED) is 0.240. The van der Waals surface area contributed by atoms with Crippen LogP contribution >= 0.6 is 0 Å². The number of carbonyl (C=O) groups is 1. The third-order valence-corrected chi connectivity index (χ3v) is 6.57. The summed E-state index contributed by atoms with van der Waals surface area (Å²) in [4.78, 5) is 15.1. The van der Waals surface area contributed by atoms with Crippen LogP contribution in [0, 0.1) is 0 Å². The number of rotatable bonds is 10. The summed E-state index contributed by atoms with van der Waals surface area (Å²) in [5, 5.41) is 12.6. The first-order valence-electron chi connectivity index (χ1n) is 12.6. The minimum absolute atomic E-state index is 0. The van der Waals surface area contributed by atoms with E-state index in [0.29, 0.717) is 25.0 Å². The summed E-state index contributed by atoms with van der Waals surface area (Å²) in [5.74, 6) is 1.24. The van der Waals surface area contributed by atoms with Crippen molar-refractivity contribution in [2.45, 2.75) is 63.9 Å². The Labute approximate surface area is 253 Å². The van der Waals surface area contributed by atoms with Crippen LogP contribution in [0.4, 0.5) is 0 Å². The molecule has 36 heavy (non-hydrogen) atoms. The molecule has 3 aromatic carbocycles. The number of carbonyl (C=O) groups excluding carboxylic acids is 1. The second-order valence-corrected chi connectivity index (χ2v) is 9.28. The maximum atomic E-state index is 10.5. The summed E-state index contributed by atoms with van der Waals surface area (Å²) >= 11 is 0. The van der Waals surface area contributed by atoms with Crippen LogP contribution < -0.4 is 66.0 Å². The number of unbranched alkanes of at least 4 members (excludes halogenated alkanes) is 2. The van der Waals surface area contributed by atoms with Crippen LogP contribution in [0.5, 0.6) is 11.5 Å². The molecule has 0 amide bonds. The maximum Gasteiger partial charge on any atom is 1.00 e. The van der Waals surface area contributed by atoms with Crippen molar-refractivity contribution in [3.05, 3.63) is 54.6 Å². The van der Waals surface area contributed by atoms with Gasteiger partial charge in [0.1, 0.15) is 17.0 Å². The SMILES string of the molecule is O=C([O-])CCCCCOc1ccc2cc(-c3nc4ccc(OC5CCCCC5)cc4o3)ccc2c1.[K+]. The normalized spacial score (nSPS) is 14.0. The van der Waals surface area contributed by atoms with Gasteiger partial charge in [0.25, 0.3) is 0 Å². The zero-order valence-electron chi connectivity index (χ0n) is 20.8. The van der Waals surface area contributed by atoms with E-state index in [4.69, 9.17) is 13.9 Å². The number of fused-ring (bicyclic) bond motifs is 2. The van der Waals surface area contributed by atoms with Gasteiger partial charge in [-0.2, -0.15) is 0 Å². The largest absolute Gasteiger partial charge is 1.00 e. The van der Waals surface area contributed by atoms with Crippen molar-refractivity contribution in [3.8, 4) is 23.0 Å². The number of carboxylic acids is 1. The first-order chi connectivity index (χ1) is 17.1. The van der Waals surface area contributed by atoms with E-state index >= 15 is 0 Å². The third-order valence-electron chi connectivity index (χ3n) is 6.57. The Hall–Kier alpha value is -1.90. The first kappa shape index (κ1) is 27.1. The molecule has 0 saturated heterocycles. The van der Waals surface area contributed by atoms with Gasteiger partial charge in [0.2, 0.25) is 5.89 Å². The van der Waals surface area contributed by atoms with Gasteiger partial charge in [0.05, 0.1) is 12.7 Å². The van der Waals surface area contributed by atoms with Crippen molar-refractivity contribution in [1.29, 1.82) is 0 Å². The van der Waals surface area contributed by atoms with E-state index in [-0.39, 0.29) is 57.8 Å². The van der Waals surface area contributed by atoms with Crippen molar-refractivity contribution >= 4 is 27.8 Å². The summed E-state index contributed by atoms with van der Waals surface area (Å²) in [6, 6.07) is 18.0.